The van der Waals surface area contributed by atoms with Crippen molar-refractivity contribution in [2.24, 2.45) is 0 Å². The number of carbonyl (C=O) groups excluding carboxylic acids is 1. The summed E-state index contributed by atoms with van der Waals surface area (Å²) in [4.78, 5) is 16.3. The number of fused-ring (bicyclic) bond motifs is 1. The molecule has 2 N–H and O–H groups in total. The number of anilines is 1. The van der Waals surface area contributed by atoms with E-state index in [0.717, 1.165) is 0 Å². The number of nitriles is 1. The van der Waals surface area contributed by atoms with E-state index in [2.05, 4.69) is 15.6 Å². The normalized spacial score (nSPS) is 11.7. The maximum absolute atomic E-state index is 12.2. The van der Waals surface area contributed by atoms with E-state index in [1.54, 1.807) is 24.4 Å². The van der Waals surface area contributed by atoms with Crippen LogP contribution in [-0.2, 0) is 0 Å². The van der Waals surface area contributed by atoms with Crippen LogP contribution in [0.15, 0.2) is 30.5 Å². The predicted octanol–water partition coefficient (Wildman–Crippen LogP) is 2.18. The zero-order chi connectivity index (χ0) is 16.9. The lowest BCUT2D eigenvalue weighted by Crippen LogP contribution is -2.29. The third kappa shape index (κ3) is 3.34. The number of carbonyl (C=O) groups is 1. The fourth-order valence-electron chi connectivity index (χ4n) is 2.19. The van der Waals surface area contributed by atoms with Gasteiger partial charge in [0.2, 0.25) is 6.79 Å². The Morgan fingerprint density at radius 3 is 3.08 bits per heavy atom. The van der Waals surface area contributed by atoms with Crippen LogP contribution in [-0.4, -0.2) is 30.8 Å². The van der Waals surface area contributed by atoms with Gasteiger partial charge in [-0.1, -0.05) is 11.6 Å². The number of hydrogen-bond donors (Lipinski definition) is 2. The Kier molecular flexibility index (Phi) is 4.68. The molecule has 3 rings (SSSR count). The van der Waals surface area contributed by atoms with Gasteiger partial charge in [-0.05, 0) is 24.3 Å². The van der Waals surface area contributed by atoms with Gasteiger partial charge >= 0.3 is 0 Å². The summed E-state index contributed by atoms with van der Waals surface area (Å²) in [6.45, 7) is 0.872. The molecule has 8 heteroatoms. The molecule has 122 valence electrons. The summed E-state index contributed by atoms with van der Waals surface area (Å²) in [5.41, 5.74) is 0.839. The van der Waals surface area contributed by atoms with Gasteiger partial charge in [-0.25, -0.2) is 4.98 Å². The minimum Gasteiger partial charge on any atom is -0.454 e. The molecule has 0 bridgehead atoms. The van der Waals surface area contributed by atoms with E-state index in [1.807, 2.05) is 6.07 Å². The van der Waals surface area contributed by atoms with Crippen LogP contribution in [0.25, 0.3) is 0 Å². The van der Waals surface area contributed by atoms with Crippen molar-refractivity contribution in [3.8, 4) is 17.6 Å². The second-order valence-electron chi connectivity index (χ2n) is 4.89. The number of ether oxygens (including phenoxy) is 2. The Balaban J connectivity index is 1.55. The van der Waals surface area contributed by atoms with E-state index in [0.29, 0.717) is 46.6 Å². The van der Waals surface area contributed by atoms with Crippen LogP contribution in [0, 0.1) is 11.3 Å². The monoisotopic (exact) mass is 344 g/mol. The molecular weight excluding hydrogens is 332 g/mol. The van der Waals surface area contributed by atoms with Crippen molar-refractivity contribution in [1.29, 1.82) is 5.26 Å². The number of benzene rings is 1. The fraction of sp³-hybridized carbons (Fsp3) is 0.188. The predicted molar refractivity (Wildman–Crippen MR) is 87.3 cm³/mol. The zero-order valence-electron chi connectivity index (χ0n) is 12.5. The van der Waals surface area contributed by atoms with Gasteiger partial charge in [0.15, 0.2) is 11.5 Å². The Labute approximate surface area is 143 Å². The lowest BCUT2D eigenvalue weighted by Gasteiger charge is -2.09. The second kappa shape index (κ2) is 7.06. The molecule has 1 aromatic heterocycles. The summed E-state index contributed by atoms with van der Waals surface area (Å²) in [5.74, 6) is 1.12. The third-order valence-electron chi connectivity index (χ3n) is 3.32. The molecule has 0 radical (unpaired) electrons. The van der Waals surface area contributed by atoms with Crippen LogP contribution >= 0.6 is 11.6 Å². The molecule has 0 spiro atoms. The van der Waals surface area contributed by atoms with Crippen molar-refractivity contribution in [3.63, 3.8) is 0 Å². The molecule has 1 amide bonds. The Morgan fingerprint density at radius 1 is 1.38 bits per heavy atom. The summed E-state index contributed by atoms with van der Waals surface area (Å²) in [6.07, 6.45) is 1.59. The molecule has 1 aliphatic rings. The number of halogens is 1. The van der Waals surface area contributed by atoms with Crippen molar-refractivity contribution in [3.05, 3.63) is 46.6 Å². The first-order valence-corrected chi connectivity index (χ1v) is 7.53. The smallest absolute Gasteiger partial charge is 0.251 e. The molecule has 7 nitrogen and oxygen atoms in total. The van der Waals surface area contributed by atoms with Crippen LogP contribution in [0.5, 0.6) is 11.5 Å². The number of nitrogens with one attached hydrogen (secondary N) is 2. The zero-order valence-corrected chi connectivity index (χ0v) is 13.3. The minimum atomic E-state index is -0.279. The summed E-state index contributed by atoms with van der Waals surface area (Å²) >= 11 is 6.06. The van der Waals surface area contributed by atoms with Gasteiger partial charge in [0.05, 0.1) is 10.6 Å². The molecular formula is C16H13ClN4O3. The molecule has 24 heavy (non-hydrogen) atoms. The SMILES string of the molecule is N#Cc1cccnc1NCCNC(=O)c1cc(Cl)c2c(c1)OCO2. The molecule has 0 saturated heterocycles. The number of nitrogens with zero attached hydrogens (tertiary/aromatic N) is 2. The number of amides is 1. The molecule has 2 heterocycles. The lowest BCUT2D eigenvalue weighted by molar-refractivity contribution is 0.0954. The van der Waals surface area contributed by atoms with E-state index >= 15 is 0 Å². The quantitative estimate of drug-likeness (QED) is 0.807. The van der Waals surface area contributed by atoms with Crippen molar-refractivity contribution >= 4 is 23.3 Å². The largest absolute Gasteiger partial charge is 0.454 e. The van der Waals surface area contributed by atoms with Crippen LogP contribution < -0.4 is 20.1 Å². The summed E-state index contributed by atoms with van der Waals surface area (Å²) < 4.78 is 10.4. The van der Waals surface area contributed by atoms with Crippen LogP contribution in [0.2, 0.25) is 5.02 Å². The van der Waals surface area contributed by atoms with Gasteiger partial charge < -0.3 is 20.1 Å². The number of pyridine rings is 1. The molecule has 2 aromatic rings. The van der Waals surface area contributed by atoms with Gasteiger partial charge in [0.25, 0.3) is 5.91 Å². The first-order valence-electron chi connectivity index (χ1n) is 7.15. The Morgan fingerprint density at radius 2 is 2.25 bits per heavy atom. The Hall–Kier alpha value is -2.98. The van der Waals surface area contributed by atoms with Crippen LogP contribution in [0.4, 0.5) is 5.82 Å². The van der Waals surface area contributed by atoms with E-state index in [-0.39, 0.29) is 12.7 Å². The van der Waals surface area contributed by atoms with E-state index < -0.39 is 0 Å². The highest BCUT2D eigenvalue weighted by atomic mass is 35.5. The van der Waals surface area contributed by atoms with Gasteiger partial charge in [0, 0.05) is 24.8 Å². The van der Waals surface area contributed by atoms with Gasteiger partial charge in [-0.15, -0.1) is 0 Å². The van der Waals surface area contributed by atoms with E-state index in [4.69, 9.17) is 26.3 Å². The maximum atomic E-state index is 12.2. The first kappa shape index (κ1) is 15.9. The molecule has 0 fully saturated rings. The highest BCUT2D eigenvalue weighted by Crippen LogP contribution is 2.39. The average Bonchev–Trinajstić information content (AvgIpc) is 3.08. The Bertz CT molecular complexity index is 819. The summed E-state index contributed by atoms with van der Waals surface area (Å²) in [7, 11) is 0. The number of rotatable bonds is 5. The van der Waals surface area contributed by atoms with Gasteiger partial charge in [-0.3, -0.25) is 4.79 Å². The highest BCUT2D eigenvalue weighted by molar-refractivity contribution is 6.32. The van der Waals surface area contributed by atoms with E-state index in [9.17, 15) is 4.79 Å². The third-order valence-corrected chi connectivity index (χ3v) is 3.60. The molecule has 0 unspecified atom stereocenters. The lowest BCUT2D eigenvalue weighted by atomic mass is 10.2. The maximum Gasteiger partial charge on any atom is 0.251 e. The molecule has 0 aliphatic carbocycles. The van der Waals surface area contributed by atoms with Gasteiger partial charge in [-0.2, -0.15) is 5.26 Å². The highest BCUT2D eigenvalue weighted by Gasteiger charge is 2.20. The molecule has 1 aliphatic heterocycles. The number of aromatic nitrogens is 1. The fourth-order valence-corrected chi connectivity index (χ4v) is 2.46. The van der Waals surface area contributed by atoms with Crippen LogP contribution in [0.3, 0.4) is 0 Å². The van der Waals surface area contributed by atoms with Crippen LogP contribution in [0.1, 0.15) is 15.9 Å². The van der Waals surface area contributed by atoms with Crippen molar-refractivity contribution in [2.45, 2.75) is 0 Å². The summed E-state index contributed by atoms with van der Waals surface area (Å²) in [5, 5.41) is 15.1. The first-order chi connectivity index (χ1) is 11.7. The van der Waals surface area contributed by atoms with E-state index in [1.165, 1.54) is 6.07 Å². The van der Waals surface area contributed by atoms with Gasteiger partial charge in [0.1, 0.15) is 11.9 Å². The minimum absolute atomic E-state index is 0.0926. The van der Waals surface area contributed by atoms with Crippen molar-refractivity contribution in [2.75, 3.05) is 25.2 Å². The molecule has 1 aromatic carbocycles. The topological polar surface area (TPSA) is 96.3 Å². The molecule has 0 atom stereocenters. The summed E-state index contributed by atoms with van der Waals surface area (Å²) in [6, 6.07) is 8.53. The second-order valence-corrected chi connectivity index (χ2v) is 5.29. The van der Waals surface area contributed by atoms with Crippen molar-refractivity contribution < 1.29 is 14.3 Å². The number of hydrogen-bond acceptors (Lipinski definition) is 6. The van der Waals surface area contributed by atoms with Crippen molar-refractivity contribution in [1.82, 2.24) is 10.3 Å². The standard InChI is InChI=1S/C16H13ClN4O3/c17-12-6-11(7-13-14(12)24-9-23-13)16(22)21-5-4-20-15-10(8-18)2-1-3-19-15/h1-3,6-7H,4-5,9H2,(H,19,20)(H,21,22). The average molecular weight is 345 g/mol. The molecule has 0 saturated carbocycles.